The zero-order chi connectivity index (χ0) is 13.8. The molecule has 0 saturated carbocycles. The Morgan fingerprint density at radius 3 is 2.53 bits per heavy atom. The van der Waals surface area contributed by atoms with Gasteiger partial charge in [-0.25, -0.2) is 9.59 Å². The number of rotatable bonds is 1. The van der Waals surface area contributed by atoms with E-state index < -0.39 is 23.4 Å². The Bertz CT molecular complexity index is 752. The molecule has 1 aromatic carbocycles. The number of aromatic carboxylic acids is 1. The van der Waals surface area contributed by atoms with E-state index in [-0.39, 0.29) is 5.56 Å². The molecule has 96 valence electrons. The zero-order valence-corrected chi connectivity index (χ0v) is 10.0. The summed E-state index contributed by atoms with van der Waals surface area (Å²) in [6.07, 6.45) is 3.27. The number of hydrogen-bond acceptors (Lipinski definition) is 3. The van der Waals surface area contributed by atoms with Gasteiger partial charge in [-0.1, -0.05) is 6.07 Å². The van der Waals surface area contributed by atoms with E-state index in [1.54, 1.807) is 18.2 Å². The third kappa shape index (κ3) is 1.40. The van der Waals surface area contributed by atoms with Crippen LogP contribution in [-0.4, -0.2) is 40.5 Å². The third-order valence-electron chi connectivity index (χ3n) is 3.53. The van der Waals surface area contributed by atoms with Crippen molar-refractivity contribution in [3.8, 4) is 0 Å². The van der Waals surface area contributed by atoms with E-state index in [1.165, 1.54) is 24.1 Å². The SMILES string of the molecule is CN1C(=O)NC(=O)[C@@]12C=c1ccc(C(=O)O)cc1=C2. The van der Waals surface area contributed by atoms with Gasteiger partial charge in [0.15, 0.2) is 5.54 Å². The number of carbonyl (C=O) groups excluding carboxylic acids is 2. The fourth-order valence-corrected chi connectivity index (χ4v) is 2.41. The number of carboxylic acid groups (broad SMARTS) is 1. The average Bonchev–Trinajstić information content (AvgIpc) is 2.84. The highest BCUT2D eigenvalue weighted by Crippen LogP contribution is 2.25. The highest BCUT2D eigenvalue weighted by atomic mass is 16.4. The van der Waals surface area contributed by atoms with E-state index in [0.29, 0.717) is 5.22 Å². The number of hydrogen-bond donors (Lipinski definition) is 2. The number of nitrogens with one attached hydrogen (secondary N) is 1. The minimum Gasteiger partial charge on any atom is -0.478 e. The second-order valence-corrected chi connectivity index (χ2v) is 4.58. The van der Waals surface area contributed by atoms with Crippen molar-refractivity contribution in [2.45, 2.75) is 5.54 Å². The molecule has 0 bridgehead atoms. The summed E-state index contributed by atoms with van der Waals surface area (Å²) in [4.78, 5) is 35.7. The minimum atomic E-state index is -1.14. The van der Waals surface area contributed by atoms with Crippen LogP contribution < -0.4 is 15.8 Å². The largest absolute Gasteiger partial charge is 0.478 e. The predicted octanol–water partition coefficient (Wildman–Crippen LogP) is -1.12. The number of nitrogens with zero attached hydrogens (tertiary/aromatic N) is 1. The molecule has 1 fully saturated rings. The van der Waals surface area contributed by atoms with Crippen LogP contribution in [0.15, 0.2) is 18.2 Å². The molecule has 2 N–H and O–H groups in total. The van der Waals surface area contributed by atoms with Gasteiger partial charge in [-0.05, 0) is 34.7 Å². The van der Waals surface area contributed by atoms with Gasteiger partial charge in [0.05, 0.1) is 5.56 Å². The summed E-state index contributed by atoms with van der Waals surface area (Å²) < 4.78 is 0. The summed E-state index contributed by atoms with van der Waals surface area (Å²) in [5.41, 5.74) is -0.996. The molecule has 1 aromatic rings. The maximum absolute atomic E-state index is 12.0. The van der Waals surface area contributed by atoms with Crippen LogP contribution in [0.2, 0.25) is 0 Å². The fraction of sp³-hybridized carbons (Fsp3) is 0.154. The lowest BCUT2D eigenvalue weighted by molar-refractivity contribution is -0.121. The molecule has 6 nitrogen and oxygen atoms in total. The van der Waals surface area contributed by atoms with Crippen LogP contribution in [0.5, 0.6) is 0 Å². The van der Waals surface area contributed by atoms with E-state index in [9.17, 15) is 14.4 Å². The summed E-state index contributed by atoms with van der Waals surface area (Å²) in [7, 11) is 1.53. The van der Waals surface area contributed by atoms with Crippen LogP contribution in [0.25, 0.3) is 12.2 Å². The normalized spacial score (nSPS) is 23.9. The number of amides is 3. The lowest BCUT2D eigenvalue weighted by Gasteiger charge is -2.23. The maximum atomic E-state index is 12.0. The Kier molecular flexibility index (Phi) is 2.08. The van der Waals surface area contributed by atoms with E-state index in [2.05, 4.69) is 5.32 Å². The standard InChI is InChI=1S/C13H10N2O4/c1-15-12(19)14-11(18)13(15)5-8-3-2-7(10(16)17)4-9(8)6-13/h2-6H,1H3,(H,16,17)(H,14,18,19)/t13-/m0/s1. The van der Waals surface area contributed by atoms with Crippen LogP contribution in [0.4, 0.5) is 4.79 Å². The van der Waals surface area contributed by atoms with Gasteiger partial charge in [0.2, 0.25) is 0 Å². The van der Waals surface area contributed by atoms with Gasteiger partial charge in [0.1, 0.15) is 0 Å². The quantitative estimate of drug-likeness (QED) is 0.625. The van der Waals surface area contributed by atoms with Crippen molar-refractivity contribution < 1.29 is 19.5 Å². The molecule has 1 heterocycles. The maximum Gasteiger partial charge on any atom is 0.335 e. The van der Waals surface area contributed by atoms with Gasteiger partial charge in [0, 0.05) is 7.05 Å². The molecular weight excluding hydrogens is 248 g/mol. The summed E-state index contributed by atoms with van der Waals surface area (Å²) in [5, 5.41) is 12.6. The van der Waals surface area contributed by atoms with Crippen LogP contribution in [0.1, 0.15) is 10.4 Å². The van der Waals surface area contributed by atoms with Crippen LogP contribution >= 0.6 is 0 Å². The molecule has 1 atom stereocenters. The van der Waals surface area contributed by atoms with Crippen molar-refractivity contribution in [2.75, 3.05) is 7.05 Å². The molecule has 3 amide bonds. The van der Waals surface area contributed by atoms with Crippen LogP contribution in [0.3, 0.4) is 0 Å². The van der Waals surface area contributed by atoms with Gasteiger partial charge in [0.25, 0.3) is 5.91 Å². The smallest absolute Gasteiger partial charge is 0.335 e. The first-order valence-corrected chi connectivity index (χ1v) is 5.62. The van der Waals surface area contributed by atoms with Gasteiger partial charge < -0.3 is 10.0 Å². The molecule has 1 spiro atoms. The first-order chi connectivity index (χ1) is 8.94. The Hall–Kier alpha value is -2.63. The van der Waals surface area contributed by atoms with Crippen molar-refractivity contribution in [2.24, 2.45) is 0 Å². The molecule has 1 saturated heterocycles. The number of fused-ring (bicyclic) bond motifs is 1. The second-order valence-electron chi connectivity index (χ2n) is 4.58. The van der Waals surface area contributed by atoms with E-state index >= 15 is 0 Å². The molecule has 19 heavy (non-hydrogen) atoms. The van der Waals surface area contributed by atoms with Crippen LogP contribution in [-0.2, 0) is 4.79 Å². The number of carbonyl (C=O) groups is 3. The monoisotopic (exact) mass is 258 g/mol. The topological polar surface area (TPSA) is 86.7 Å². The van der Waals surface area contributed by atoms with Crippen molar-refractivity contribution in [1.29, 1.82) is 0 Å². The van der Waals surface area contributed by atoms with Crippen LogP contribution in [0, 0.1) is 0 Å². The van der Waals surface area contributed by atoms with Crippen molar-refractivity contribution in [3.63, 3.8) is 0 Å². The van der Waals surface area contributed by atoms with Crippen molar-refractivity contribution in [1.82, 2.24) is 10.2 Å². The molecule has 0 radical (unpaired) electrons. The molecule has 1 aliphatic carbocycles. The van der Waals surface area contributed by atoms with Crippen molar-refractivity contribution >= 4 is 30.1 Å². The molecule has 0 unspecified atom stereocenters. The van der Waals surface area contributed by atoms with E-state index in [0.717, 1.165) is 5.22 Å². The average molecular weight is 258 g/mol. The highest BCUT2D eigenvalue weighted by molar-refractivity contribution is 6.15. The molecule has 3 rings (SSSR count). The van der Waals surface area contributed by atoms with Gasteiger partial charge in [-0.15, -0.1) is 0 Å². The number of carboxylic acids is 1. The highest BCUT2D eigenvalue weighted by Gasteiger charge is 2.49. The minimum absolute atomic E-state index is 0.146. The van der Waals surface area contributed by atoms with E-state index in [4.69, 9.17) is 5.11 Å². The molecule has 0 aromatic heterocycles. The summed E-state index contributed by atoms with van der Waals surface area (Å²) in [5.74, 6) is -1.45. The number of imide groups is 1. The number of likely N-dealkylation sites (N-methyl/N-ethyl adjacent to an activating group) is 1. The second kappa shape index (κ2) is 3.44. The van der Waals surface area contributed by atoms with Gasteiger partial charge in [-0.3, -0.25) is 10.1 Å². The third-order valence-corrected chi connectivity index (χ3v) is 3.53. The molecular formula is C13H10N2O4. The Morgan fingerprint density at radius 2 is 1.95 bits per heavy atom. The lowest BCUT2D eigenvalue weighted by Crippen LogP contribution is -2.42. The summed E-state index contributed by atoms with van der Waals surface area (Å²) >= 11 is 0. The van der Waals surface area contributed by atoms with E-state index in [1.807, 2.05) is 0 Å². The van der Waals surface area contributed by atoms with Gasteiger partial charge in [-0.2, -0.15) is 0 Å². The Morgan fingerprint density at radius 1 is 1.26 bits per heavy atom. The first kappa shape index (κ1) is 11.5. The van der Waals surface area contributed by atoms with Gasteiger partial charge >= 0.3 is 12.0 Å². The molecule has 1 aliphatic heterocycles. The molecule has 6 heteroatoms. The number of urea groups is 1. The molecule has 2 aliphatic rings. The Balaban J connectivity index is 2.22. The first-order valence-electron chi connectivity index (χ1n) is 5.62. The fourth-order valence-electron chi connectivity index (χ4n) is 2.41. The summed E-state index contributed by atoms with van der Waals surface area (Å²) in [6, 6.07) is 4.13. The zero-order valence-electron chi connectivity index (χ0n) is 10.0. The van der Waals surface area contributed by atoms with Crippen molar-refractivity contribution in [3.05, 3.63) is 34.2 Å². The predicted molar refractivity (Wildman–Crippen MR) is 65.6 cm³/mol. The Labute approximate surface area is 107 Å². The lowest BCUT2D eigenvalue weighted by atomic mass is 10.0. The number of benzene rings is 1. The summed E-state index contributed by atoms with van der Waals surface area (Å²) in [6.45, 7) is 0.